The quantitative estimate of drug-likeness (QED) is 0.565. The summed E-state index contributed by atoms with van der Waals surface area (Å²) in [5, 5.41) is 0. The zero-order valence-electron chi connectivity index (χ0n) is 8.63. The van der Waals surface area contributed by atoms with E-state index in [1.54, 1.807) is 0 Å². The molecule has 1 atom stereocenters. The standard InChI is InChI=1S/C11H16IN/c1-8(12)9-5-6-10(13-7-9)11(2,3)4/h5-8H,1-4H3. The zero-order valence-corrected chi connectivity index (χ0v) is 10.8. The van der Waals surface area contributed by atoms with Gasteiger partial charge in [0.1, 0.15) is 0 Å². The maximum absolute atomic E-state index is 4.47. The number of aromatic nitrogens is 1. The van der Waals surface area contributed by atoms with Crippen LogP contribution in [0, 0.1) is 0 Å². The molecule has 0 saturated carbocycles. The molecule has 0 N–H and O–H groups in total. The summed E-state index contributed by atoms with van der Waals surface area (Å²) >= 11 is 2.40. The molecular weight excluding hydrogens is 273 g/mol. The van der Waals surface area contributed by atoms with Crippen LogP contribution in [-0.2, 0) is 5.41 Å². The lowest BCUT2D eigenvalue weighted by molar-refractivity contribution is 0.568. The van der Waals surface area contributed by atoms with E-state index in [-0.39, 0.29) is 5.41 Å². The topological polar surface area (TPSA) is 12.9 Å². The van der Waals surface area contributed by atoms with Gasteiger partial charge in [0.2, 0.25) is 0 Å². The van der Waals surface area contributed by atoms with Gasteiger partial charge in [0.25, 0.3) is 0 Å². The van der Waals surface area contributed by atoms with Crippen LogP contribution in [0.4, 0.5) is 0 Å². The number of rotatable bonds is 1. The molecule has 0 fully saturated rings. The lowest BCUT2D eigenvalue weighted by Crippen LogP contribution is -2.13. The molecule has 2 heteroatoms. The second kappa shape index (κ2) is 3.95. The minimum absolute atomic E-state index is 0.160. The van der Waals surface area contributed by atoms with Gasteiger partial charge >= 0.3 is 0 Å². The van der Waals surface area contributed by atoms with Crippen molar-refractivity contribution in [3.8, 4) is 0 Å². The van der Waals surface area contributed by atoms with Gasteiger partial charge in [-0.15, -0.1) is 0 Å². The van der Waals surface area contributed by atoms with Crippen molar-refractivity contribution in [2.24, 2.45) is 0 Å². The molecule has 1 unspecified atom stereocenters. The molecule has 0 saturated heterocycles. The summed E-state index contributed by atoms with van der Waals surface area (Å²) in [4.78, 5) is 4.47. The Morgan fingerprint density at radius 2 is 1.92 bits per heavy atom. The van der Waals surface area contributed by atoms with E-state index >= 15 is 0 Å². The summed E-state index contributed by atoms with van der Waals surface area (Å²) in [6.45, 7) is 8.72. The zero-order chi connectivity index (χ0) is 10.1. The molecule has 1 nitrogen and oxygen atoms in total. The van der Waals surface area contributed by atoms with Crippen LogP contribution in [0.1, 0.15) is 42.9 Å². The normalized spacial score (nSPS) is 14.2. The first-order chi connectivity index (χ1) is 5.91. The molecule has 0 aliphatic carbocycles. The van der Waals surface area contributed by atoms with Crippen LogP contribution in [0.3, 0.4) is 0 Å². The van der Waals surface area contributed by atoms with E-state index in [2.05, 4.69) is 67.4 Å². The molecule has 0 radical (unpaired) electrons. The molecular formula is C11H16IN. The largest absolute Gasteiger partial charge is 0.260 e. The van der Waals surface area contributed by atoms with Crippen LogP contribution in [0.25, 0.3) is 0 Å². The maximum atomic E-state index is 4.47. The Morgan fingerprint density at radius 3 is 2.23 bits per heavy atom. The highest BCUT2D eigenvalue weighted by Crippen LogP contribution is 2.24. The number of pyridine rings is 1. The summed E-state index contributed by atoms with van der Waals surface area (Å²) in [6.07, 6.45) is 1.98. The molecule has 0 spiro atoms. The van der Waals surface area contributed by atoms with Crippen molar-refractivity contribution in [3.63, 3.8) is 0 Å². The van der Waals surface area contributed by atoms with Crippen LogP contribution < -0.4 is 0 Å². The van der Waals surface area contributed by atoms with Crippen molar-refractivity contribution >= 4 is 22.6 Å². The maximum Gasteiger partial charge on any atom is 0.0457 e. The van der Waals surface area contributed by atoms with Gasteiger partial charge in [0, 0.05) is 21.2 Å². The molecule has 0 aliphatic heterocycles. The molecule has 1 aromatic heterocycles. The molecule has 1 aromatic rings. The van der Waals surface area contributed by atoms with E-state index in [0.717, 1.165) is 5.69 Å². The number of alkyl halides is 1. The first-order valence-electron chi connectivity index (χ1n) is 4.52. The van der Waals surface area contributed by atoms with Crippen molar-refractivity contribution in [2.45, 2.75) is 37.0 Å². The number of halogens is 1. The van der Waals surface area contributed by atoms with Crippen LogP contribution in [-0.4, -0.2) is 4.98 Å². The fourth-order valence-electron chi connectivity index (χ4n) is 1.08. The monoisotopic (exact) mass is 289 g/mol. The third-order valence-electron chi connectivity index (χ3n) is 2.01. The van der Waals surface area contributed by atoms with E-state index in [4.69, 9.17) is 0 Å². The van der Waals surface area contributed by atoms with Crippen molar-refractivity contribution in [2.75, 3.05) is 0 Å². The smallest absolute Gasteiger partial charge is 0.0457 e. The molecule has 13 heavy (non-hydrogen) atoms. The van der Waals surface area contributed by atoms with Gasteiger partial charge < -0.3 is 0 Å². The summed E-state index contributed by atoms with van der Waals surface area (Å²) in [5.74, 6) is 0. The van der Waals surface area contributed by atoms with Crippen LogP contribution in [0.15, 0.2) is 18.3 Å². The molecule has 72 valence electrons. The number of nitrogens with zero attached hydrogens (tertiary/aromatic N) is 1. The van der Waals surface area contributed by atoms with Crippen LogP contribution in [0.2, 0.25) is 0 Å². The van der Waals surface area contributed by atoms with Crippen molar-refractivity contribution in [1.82, 2.24) is 4.98 Å². The van der Waals surface area contributed by atoms with E-state index in [0.29, 0.717) is 3.92 Å². The molecule has 0 amide bonds. The molecule has 0 aliphatic rings. The Morgan fingerprint density at radius 1 is 1.31 bits per heavy atom. The highest BCUT2D eigenvalue weighted by atomic mass is 127. The Labute approximate surface area is 94.1 Å². The Balaban J connectivity index is 2.94. The van der Waals surface area contributed by atoms with Crippen molar-refractivity contribution in [3.05, 3.63) is 29.6 Å². The molecule has 1 rings (SSSR count). The third-order valence-corrected chi connectivity index (χ3v) is 2.73. The second-order valence-electron chi connectivity index (χ2n) is 4.34. The van der Waals surface area contributed by atoms with Gasteiger partial charge in [-0.1, -0.05) is 49.4 Å². The fourth-order valence-corrected chi connectivity index (χ4v) is 1.45. The highest BCUT2D eigenvalue weighted by Gasteiger charge is 2.14. The number of hydrogen-bond donors (Lipinski definition) is 0. The third kappa shape index (κ3) is 2.93. The van der Waals surface area contributed by atoms with Crippen LogP contribution >= 0.6 is 22.6 Å². The Bertz CT molecular complexity index is 269. The van der Waals surface area contributed by atoms with Crippen LogP contribution in [0.5, 0.6) is 0 Å². The van der Waals surface area contributed by atoms with Gasteiger partial charge in [-0.2, -0.15) is 0 Å². The fraction of sp³-hybridized carbons (Fsp3) is 0.545. The molecule has 0 bridgehead atoms. The number of hydrogen-bond acceptors (Lipinski definition) is 1. The van der Waals surface area contributed by atoms with Gasteiger partial charge in [-0.05, 0) is 18.6 Å². The van der Waals surface area contributed by atoms with E-state index in [1.165, 1.54) is 5.56 Å². The Kier molecular flexibility index (Phi) is 3.33. The van der Waals surface area contributed by atoms with Gasteiger partial charge in [0.05, 0.1) is 0 Å². The Hall–Kier alpha value is -0.120. The van der Waals surface area contributed by atoms with Crippen molar-refractivity contribution in [1.29, 1.82) is 0 Å². The minimum atomic E-state index is 0.160. The van der Waals surface area contributed by atoms with Gasteiger partial charge in [-0.3, -0.25) is 4.98 Å². The lowest BCUT2D eigenvalue weighted by Gasteiger charge is -2.17. The SMILES string of the molecule is CC(I)c1ccc(C(C)(C)C)nc1. The van der Waals surface area contributed by atoms with E-state index in [9.17, 15) is 0 Å². The summed E-state index contributed by atoms with van der Waals surface area (Å²) < 4.78 is 0.541. The first-order valence-corrected chi connectivity index (χ1v) is 5.76. The predicted molar refractivity (Wildman–Crippen MR) is 65.4 cm³/mol. The van der Waals surface area contributed by atoms with Gasteiger partial charge in [-0.25, -0.2) is 0 Å². The van der Waals surface area contributed by atoms with E-state index in [1.807, 2.05) is 6.20 Å². The lowest BCUT2D eigenvalue weighted by atomic mass is 9.91. The van der Waals surface area contributed by atoms with Gasteiger partial charge in [0.15, 0.2) is 0 Å². The summed E-state index contributed by atoms with van der Waals surface area (Å²) in [6, 6.07) is 4.30. The predicted octanol–water partition coefficient (Wildman–Crippen LogP) is 3.88. The second-order valence-corrected chi connectivity index (χ2v) is 6.21. The summed E-state index contributed by atoms with van der Waals surface area (Å²) in [5.41, 5.74) is 2.62. The minimum Gasteiger partial charge on any atom is -0.260 e. The molecule has 0 aromatic carbocycles. The summed E-state index contributed by atoms with van der Waals surface area (Å²) in [7, 11) is 0. The molecule has 1 heterocycles. The first kappa shape index (κ1) is 11.0. The van der Waals surface area contributed by atoms with Crippen molar-refractivity contribution < 1.29 is 0 Å². The average molecular weight is 289 g/mol. The average Bonchev–Trinajstić information content (AvgIpc) is 2.03. The van der Waals surface area contributed by atoms with E-state index < -0.39 is 0 Å². The highest BCUT2D eigenvalue weighted by molar-refractivity contribution is 14.1.